The quantitative estimate of drug-likeness (QED) is 0.622. The highest BCUT2D eigenvalue weighted by Gasteiger charge is 2.35. The number of esters is 2. The fraction of sp³-hybridized carbons (Fsp3) is 0.611. The molecule has 2 heterocycles. The van der Waals surface area contributed by atoms with Gasteiger partial charge in [0.05, 0.1) is 12.5 Å². The van der Waals surface area contributed by atoms with Gasteiger partial charge < -0.3 is 13.9 Å². The highest BCUT2D eigenvalue weighted by molar-refractivity contribution is 7.89. The first-order valence-electron chi connectivity index (χ1n) is 9.07. The summed E-state index contributed by atoms with van der Waals surface area (Å²) in [5.74, 6) is -1.99. The molecule has 0 saturated carbocycles. The van der Waals surface area contributed by atoms with Crippen molar-refractivity contribution < 1.29 is 31.9 Å². The average molecular weight is 412 g/mol. The molecule has 0 radical (unpaired) electrons. The molecule has 1 atom stereocenters. The summed E-state index contributed by atoms with van der Waals surface area (Å²) in [6.45, 7) is 5.56. The van der Waals surface area contributed by atoms with Crippen LogP contribution in [0.25, 0.3) is 0 Å². The van der Waals surface area contributed by atoms with Crippen molar-refractivity contribution in [1.29, 1.82) is 5.26 Å². The minimum Gasteiger partial charge on any atom is -0.460 e. The standard InChI is InChI=1S/C18H24N2O7S/c1-4-25-18(22)14-5-6-16(26-14)28(23,24)20-9-7-13(8-10-20)17(21)27-15(11-19)12(2)3/h5-6,12-13,15H,4,7-10H2,1-3H3/t15-/m1/s1. The monoisotopic (exact) mass is 412 g/mol. The SMILES string of the molecule is CCOC(=O)c1ccc(S(=O)(=O)N2CCC(C(=O)O[C@H](C#N)C(C)C)CC2)o1. The summed E-state index contributed by atoms with van der Waals surface area (Å²) in [5, 5.41) is 8.69. The van der Waals surface area contributed by atoms with Crippen LogP contribution in [0, 0.1) is 23.2 Å². The lowest BCUT2D eigenvalue weighted by atomic mass is 9.98. The molecule has 0 amide bonds. The van der Waals surface area contributed by atoms with Crippen LogP contribution in [-0.2, 0) is 24.3 Å². The molecular weight excluding hydrogens is 388 g/mol. The maximum Gasteiger partial charge on any atom is 0.374 e. The molecule has 1 aromatic heterocycles. The zero-order valence-electron chi connectivity index (χ0n) is 16.1. The van der Waals surface area contributed by atoms with Crippen LogP contribution in [0.15, 0.2) is 21.6 Å². The third-order valence-electron chi connectivity index (χ3n) is 4.42. The van der Waals surface area contributed by atoms with Gasteiger partial charge in [-0.25, -0.2) is 13.2 Å². The zero-order chi connectivity index (χ0) is 20.9. The Labute approximate surface area is 164 Å². The lowest BCUT2D eigenvalue weighted by Crippen LogP contribution is -2.41. The van der Waals surface area contributed by atoms with Gasteiger partial charge in [-0.3, -0.25) is 4.79 Å². The van der Waals surface area contributed by atoms with Gasteiger partial charge >= 0.3 is 11.9 Å². The number of nitriles is 1. The summed E-state index contributed by atoms with van der Waals surface area (Å²) in [5.41, 5.74) is 0. The molecule has 9 nitrogen and oxygen atoms in total. The van der Waals surface area contributed by atoms with Crippen molar-refractivity contribution in [1.82, 2.24) is 4.31 Å². The van der Waals surface area contributed by atoms with Crippen molar-refractivity contribution in [2.45, 2.75) is 44.8 Å². The van der Waals surface area contributed by atoms with Crippen LogP contribution in [-0.4, -0.2) is 50.5 Å². The molecule has 0 aromatic carbocycles. The van der Waals surface area contributed by atoms with E-state index in [0.29, 0.717) is 0 Å². The van der Waals surface area contributed by atoms with Gasteiger partial charge in [0.2, 0.25) is 10.9 Å². The van der Waals surface area contributed by atoms with E-state index in [-0.39, 0.29) is 49.3 Å². The smallest absolute Gasteiger partial charge is 0.374 e. The van der Waals surface area contributed by atoms with Crippen molar-refractivity contribution in [3.05, 3.63) is 17.9 Å². The van der Waals surface area contributed by atoms with Crippen molar-refractivity contribution in [2.75, 3.05) is 19.7 Å². The molecule has 0 unspecified atom stereocenters. The van der Waals surface area contributed by atoms with Gasteiger partial charge in [0.1, 0.15) is 6.07 Å². The first-order valence-corrected chi connectivity index (χ1v) is 10.5. The van der Waals surface area contributed by atoms with Crippen LogP contribution >= 0.6 is 0 Å². The number of hydrogen-bond acceptors (Lipinski definition) is 8. The Balaban J connectivity index is 1.99. The third kappa shape index (κ3) is 4.91. The van der Waals surface area contributed by atoms with Gasteiger partial charge in [-0.15, -0.1) is 0 Å². The number of hydrogen-bond donors (Lipinski definition) is 0. The minimum absolute atomic E-state index is 0.108. The third-order valence-corrected chi connectivity index (χ3v) is 6.19. The largest absolute Gasteiger partial charge is 0.460 e. The first-order chi connectivity index (χ1) is 13.2. The van der Waals surface area contributed by atoms with E-state index in [2.05, 4.69) is 0 Å². The Kier molecular flexibility index (Phi) is 7.21. The summed E-state index contributed by atoms with van der Waals surface area (Å²) in [6.07, 6.45) is -0.266. The predicted octanol–water partition coefficient (Wildman–Crippen LogP) is 1.95. The second-order valence-corrected chi connectivity index (χ2v) is 8.62. The Morgan fingerprint density at radius 3 is 2.50 bits per heavy atom. The van der Waals surface area contributed by atoms with Crippen LogP contribution in [0.5, 0.6) is 0 Å². The van der Waals surface area contributed by atoms with Gasteiger partial charge in [-0.1, -0.05) is 13.8 Å². The molecule has 0 N–H and O–H groups in total. The molecule has 0 spiro atoms. The van der Waals surface area contributed by atoms with Crippen LogP contribution in [0.1, 0.15) is 44.2 Å². The van der Waals surface area contributed by atoms with Gasteiger partial charge in [-0.05, 0) is 31.9 Å². The van der Waals surface area contributed by atoms with Crippen molar-refractivity contribution >= 4 is 22.0 Å². The molecular formula is C18H24N2O7S. The highest BCUT2D eigenvalue weighted by Crippen LogP contribution is 2.26. The molecule has 1 fully saturated rings. The van der Waals surface area contributed by atoms with Gasteiger partial charge in [-0.2, -0.15) is 9.57 Å². The molecule has 1 aromatic rings. The molecule has 1 aliphatic rings. The lowest BCUT2D eigenvalue weighted by molar-refractivity contribution is -0.154. The van der Waals surface area contributed by atoms with Crippen molar-refractivity contribution in [3.63, 3.8) is 0 Å². The Morgan fingerprint density at radius 1 is 1.32 bits per heavy atom. The summed E-state index contributed by atoms with van der Waals surface area (Å²) in [7, 11) is -3.93. The molecule has 0 aliphatic carbocycles. The first kappa shape index (κ1) is 21.9. The molecule has 1 saturated heterocycles. The number of piperidine rings is 1. The van der Waals surface area contributed by atoms with Gasteiger partial charge in [0, 0.05) is 19.0 Å². The van der Waals surface area contributed by atoms with Crippen LogP contribution in [0.2, 0.25) is 0 Å². The van der Waals surface area contributed by atoms with Gasteiger partial charge in [0.15, 0.2) is 6.10 Å². The highest BCUT2D eigenvalue weighted by atomic mass is 32.2. The number of sulfonamides is 1. The molecule has 1 aliphatic heterocycles. The average Bonchev–Trinajstić information content (AvgIpc) is 3.17. The Bertz CT molecular complexity index is 846. The number of furan rings is 1. The van der Waals surface area contributed by atoms with Crippen LogP contribution in [0.3, 0.4) is 0 Å². The number of carbonyl (C=O) groups is 2. The topological polar surface area (TPSA) is 127 Å². The van der Waals surface area contributed by atoms with E-state index < -0.39 is 34.0 Å². The van der Waals surface area contributed by atoms with E-state index in [9.17, 15) is 18.0 Å². The zero-order valence-corrected chi connectivity index (χ0v) is 16.9. The molecule has 2 rings (SSSR count). The maximum atomic E-state index is 12.7. The van der Waals surface area contributed by atoms with E-state index in [4.69, 9.17) is 19.2 Å². The molecule has 0 bridgehead atoms. The second-order valence-electron chi connectivity index (χ2n) is 6.75. The fourth-order valence-electron chi connectivity index (χ4n) is 2.76. The second kappa shape index (κ2) is 9.21. The number of carbonyl (C=O) groups excluding carboxylic acids is 2. The van der Waals surface area contributed by atoms with E-state index >= 15 is 0 Å². The number of rotatable bonds is 7. The normalized spacial score (nSPS) is 17.1. The Hall–Kier alpha value is -2.38. The summed E-state index contributed by atoms with van der Waals surface area (Å²) in [4.78, 5) is 23.9. The van der Waals surface area contributed by atoms with Crippen molar-refractivity contribution in [3.8, 4) is 6.07 Å². The van der Waals surface area contributed by atoms with E-state index in [1.807, 2.05) is 6.07 Å². The number of ether oxygens (including phenoxy) is 2. The molecule has 28 heavy (non-hydrogen) atoms. The van der Waals surface area contributed by atoms with E-state index in [0.717, 1.165) is 0 Å². The van der Waals surface area contributed by atoms with E-state index in [1.54, 1.807) is 20.8 Å². The van der Waals surface area contributed by atoms with E-state index in [1.165, 1.54) is 16.4 Å². The van der Waals surface area contributed by atoms with Crippen molar-refractivity contribution in [2.24, 2.45) is 11.8 Å². The summed E-state index contributed by atoms with van der Waals surface area (Å²) in [6, 6.07) is 4.41. The molecule has 10 heteroatoms. The summed E-state index contributed by atoms with van der Waals surface area (Å²) < 4.78 is 41.7. The van der Waals surface area contributed by atoms with Crippen LogP contribution < -0.4 is 0 Å². The predicted molar refractivity (Wildman–Crippen MR) is 96.5 cm³/mol. The molecule has 154 valence electrons. The lowest BCUT2D eigenvalue weighted by Gasteiger charge is -2.30. The van der Waals surface area contributed by atoms with Gasteiger partial charge in [0.25, 0.3) is 10.0 Å². The van der Waals surface area contributed by atoms with Crippen LogP contribution in [0.4, 0.5) is 0 Å². The minimum atomic E-state index is -3.93. The Morgan fingerprint density at radius 2 is 1.96 bits per heavy atom. The maximum absolute atomic E-state index is 12.7. The fourth-order valence-corrected chi connectivity index (χ4v) is 4.14. The summed E-state index contributed by atoms with van der Waals surface area (Å²) >= 11 is 0. The number of nitrogens with zero attached hydrogens (tertiary/aromatic N) is 2.